The van der Waals surface area contributed by atoms with Gasteiger partial charge in [0.05, 0.1) is 82.2 Å². The molecule has 2 aliphatic rings. The first-order valence-electron chi connectivity index (χ1n) is 20.5. The zero-order chi connectivity index (χ0) is 41.2. The predicted molar refractivity (Wildman–Crippen MR) is 216 cm³/mol. The van der Waals surface area contributed by atoms with E-state index in [1.54, 1.807) is 0 Å². The van der Waals surface area contributed by atoms with Crippen LogP contribution >= 0.6 is 0 Å². The number of hydrogen-bond donors (Lipinski definition) is 10. The molecule has 0 saturated carbocycles. The van der Waals surface area contributed by atoms with Crippen LogP contribution < -0.4 is 0 Å². The van der Waals surface area contributed by atoms with E-state index < -0.39 is 62.4 Å². The molecule has 0 bridgehead atoms. The van der Waals surface area contributed by atoms with Gasteiger partial charge in [0, 0.05) is 98.2 Å². The van der Waals surface area contributed by atoms with Gasteiger partial charge in [-0.3, -0.25) is 29.4 Å². The van der Waals surface area contributed by atoms with Crippen LogP contribution in [0.3, 0.4) is 0 Å². The van der Waals surface area contributed by atoms with E-state index in [1.807, 2.05) is 51.1 Å². The standard InChI is InChI=1S/C41H70N6O10/c48-26-36(39(55)29-51)45-15-11-42(23-32-5-2-1-3-6-32)9-10-44(14-18-45)25-35(54)22-33-7-4-8-34(21-33)24-43-12-16-46(37(27-49)40(56)30-52)19-20-47(17-13-43)38(28-50)41(57)31-53/h1-8,21,35-41,48-57H,9-20,22-31H2/t35-,36+,37+,38+,39+,40+,41+/m0/s1. The zero-order valence-corrected chi connectivity index (χ0v) is 33.4. The Hall–Kier alpha value is -2.20. The maximum Gasteiger partial charge on any atom is 0.0947 e. The van der Waals surface area contributed by atoms with Crippen molar-refractivity contribution in [2.75, 3.05) is 125 Å². The van der Waals surface area contributed by atoms with E-state index in [9.17, 15) is 51.1 Å². The summed E-state index contributed by atoms with van der Waals surface area (Å²) in [5.41, 5.74) is 3.20. The minimum atomic E-state index is -1.15. The van der Waals surface area contributed by atoms with Gasteiger partial charge in [-0.05, 0) is 23.1 Å². The van der Waals surface area contributed by atoms with Gasteiger partial charge in [-0.2, -0.15) is 0 Å². The van der Waals surface area contributed by atoms with Crippen molar-refractivity contribution in [2.24, 2.45) is 0 Å². The lowest BCUT2D eigenvalue weighted by atomic mass is 10.0. The second kappa shape index (κ2) is 25.4. The molecule has 16 heteroatoms. The maximum atomic E-state index is 11.5. The van der Waals surface area contributed by atoms with E-state index in [2.05, 4.69) is 32.9 Å². The zero-order valence-electron chi connectivity index (χ0n) is 33.4. The van der Waals surface area contributed by atoms with Crippen molar-refractivity contribution in [1.82, 2.24) is 29.4 Å². The number of benzene rings is 2. The highest BCUT2D eigenvalue weighted by Gasteiger charge is 2.31. The minimum absolute atomic E-state index is 0.278. The van der Waals surface area contributed by atoms with Crippen LogP contribution in [0.25, 0.3) is 0 Å². The van der Waals surface area contributed by atoms with Gasteiger partial charge in [-0.1, -0.05) is 54.6 Å². The normalized spacial score (nSPS) is 22.2. The van der Waals surface area contributed by atoms with Crippen molar-refractivity contribution >= 4 is 0 Å². The van der Waals surface area contributed by atoms with E-state index in [1.165, 1.54) is 5.56 Å². The molecule has 7 atom stereocenters. The number of nitrogens with zero attached hydrogens (tertiary/aromatic N) is 6. The molecule has 324 valence electrons. The van der Waals surface area contributed by atoms with Gasteiger partial charge < -0.3 is 51.1 Å². The number of hydrogen-bond acceptors (Lipinski definition) is 16. The number of rotatable bonds is 20. The summed E-state index contributed by atoms with van der Waals surface area (Å²) in [4.78, 5) is 12.7. The minimum Gasteiger partial charge on any atom is -0.395 e. The highest BCUT2D eigenvalue weighted by atomic mass is 16.3. The van der Waals surface area contributed by atoms with E-state index in [4.69, 9.17) is 0 Å². The second-order valence-electron chi connectivity index (χ2n) is 15.6. The van der Waals surface area contributed by atoms with Crippen LogP contribution in [0, 0.1) is 0 Å². The molecule has 0 aliphatic carbocycles. The van der Waals surface area contributed by atoms with Crippen molar-refractivity contribution in [3.8, 4) is 0 Å². The quantitative estimate of drug-likeness (QED) is 0.0622. The summed E-state index contributed by atoms with van der Waals surface area (Å²) >= 11 is 0. The molecule has 0 aromatic heterocycles. The lowest BCUT2D eigenvalue weighted by Crippen LogP contribution is -2.53. The molecule has 2 aromatic carbocycles. The average Bonchev–Trinajstić information content (AvgIpc) is 3.38. The molecule has 10 N–H and O–H groups in total. The van der Waals surface area contributed by atoms with Gasteiger partial charge in [0.25, 0.3) is 0 Å². The molecular formula is C41H70N6O10. The summed E-state index contributed by atoms with van der Waals surface area (Å²) in [6, 6.07) is 16.3. The fraction of sp³-hybridized carbons (Fsp3) is 0.707. The van der Waals surface area contributed by atoms with Crippen LogP contribution in [0.15, 0.2) is 54.6 Å². The smallest absolute Gasteiger partial charge is 0.0947 e. The highest BCUT2D eigenvalue weighted by molar-refractivity contribution is 5.24. The molecule has 0 spiro atoms. The van der Waals surface area contributed by atoms with Crippen molar-refractivity contribution in [3.63, 3.8) is 0 Å². The van der Waals surface area contributed by atoms with Crippen LogP contribution in [0.5, 0.6) is 0 Å². The molecule has 2 aromatic rings. The Kier molecular flexibility index (Phi) is 21.2. The third-order valence-electron chi connectivity index (χ3n) is 11.7. The van der Waals surface area contributed by atoms with Crippen LogP contribution in [0.2, 0.25) is 0 Å². The van der Waals surface area contributed by atoms with Crippen LogP contribution in [0.4, 0.5) is 0 Å². The number of β-amino-alcohol motifs (C(OH)–C–C–N with tert-alkyl or cyclic N) is 1. The van der Waals surface area contributed by atoms with Crippen LogP contribution in [0.1, 0.15) is 16.7 Å². The molecule has 0 radical (unpaired) electrons. The molecule has 2 heterocycles. The summed E-state index contributed by atoms with van der Waals surface area (Å²) in [6.45, 7) is 6.30. The molecule has 2 aliphatic heterocycles. The largest absolute Gasteiger partial charge is 0.395 e. The highest BCUT2D eigenvalue weighted by Crippen LogP contribution is 2.17. The van der Waals surface area contributed by atoms with Crippen LogP contribution in [-0.2, 0) is 19.5 Å². The van der Waals surface area contributed by atoms with E-state index in [0.29, 0.717) is 78.4 Å². The maximum absolute atomic E-state index is 11.5. The Labute approximate surface area is 338 Å². The first kappa shape index (κ1) is 47.5. The van der Waals surface area contributed by atoms with Crippen LogP contribution in [-0.4, -0.2) is 248 Å². The van der Waals surface area contributed by atoms with Gasteiger partial charge in [-0.25, -0.2) is 0 Å². The summed E-state index contributed by atoms with van der Waals surface area (Å²) in [6.07, 6.45) is -3.60. The molecule has 0 unspecified atom stereocenters. The summed E-state index contributed by atoms with van der Waals surface area (Å²) < 4.78 is 0. The van der Waals surface area contributed by atoms with Crippen molar-refractivity contribution in [2.45, 2.75) is 62.1 Å². The molecule has 4 rings (SSSR count). The van der Waals surface area contributed by atoms with Gasteiger partial charge in [0.15, 0.2) is 0 Å². The van der Waals surface area contributed by atoms with Gasteiger partial charge in [0.2, 0.25) is 0 Å². The lowest BCUT2D eigenvalue weighted by molar-refractivity contribution is -0.0301. The van der Waals surface area contributed by atoms with Crippen molar-refractivity contribution in [1.29, 1.82) is 0 Å². The summed E-state index contributed by atoms with van der Waals surface area (Å²) in [7, 11) is 0. The fourth-order valence-corrected chi connectivity index (χ4v) is 8.18. The van der Waals surface area contributed by atoms with Gasteiger partial charge >= 0.3 is 0 Å². The van der Waals surface area contributed by atoms with Gasteiger partial charge in [0.1, 0.15) is 0 Å². The second-order valence-corrected chi connectivity index (χ2v) is 15.6. The molecule has 16 nitrogen and oxygen atoms in total. The Morgan fingerprint density at radius 3 is 1.23 bits per heavy atom. The summed E-state index contributed by atoms with van der Waals surface area (Å²) in [5, 5.41) is 102. The number of aliphatic hydroxyl groups excluding tert-OH is 10. The average molecular weight is 807 g/mol. The van der Waals surface area contributed by atoms with E-state index in [-0.39, 0.29) is 19.8 Å². The fourth-order valence-electron chi connectivity index (χ4n) is 8.18. The van der Waals surface area contributed by atoms with Crippen molar-refractivity contribution < 1.29 is 51.1 Å². The Bertz CT molecular complexity index is 1340. The Morgan fingerprint density at radius 2 is 0.772 bits per heavy atom. The first-order chi connectivity index (χ1) is 27.6. The molecule has 2 saturated heterocycles. The third kappa shape index (κ3) is 15.1. The number of aliphatic hydroxyl groups is 10. The third-order valence-corrected chi connectivity index (χ3v) is 11.7. The lowest BCUT2D eigenvalue weighted by Gasteiger charge is -2.36. The Balaban J connectivity index is 1.44. The first-order valence-corrected chi connectivity index (χ1v) is 20.5. The van der Waals surface area contributed by atoms with E-state index >= 15 is 0 Å². The van der Waals surface area contributed by atoms with Gasteiger partial charge in [-0.15, -0.1) is 0 Å². The van der Waals surface area contributed by atoms with E-state index in [0.717, 1.165) is 37.3 Å². The SMILES string of the molecule is OC[C@@H](O)[C@@H](CO)N1CCN(Cc2ccccc2)CCN(C[C@@H](O)Cc2cccc(CN3CCN([C@H](CO)[C@H](O)CO)CCN([C@H](CO)[C@H](O)CO)CC3)c2)CC1. The molecule has 57 heavy (non-hydrogen) atoms. The predicted octanol–water partition coefficient (Wildman–Crippen LogP) is -3.73. The van der Waals surface area contributed by atoms with Crippen molar-refractivity contribution in [3.05, 3.63) is 71.3 Å². The molecule has 2 fully saturated rings. The molecular weight excluding hydrogens is 736 g/mol. The monoisotopic (exact) mass is 807 g/mol. The topological polar surface area (TPSA) is 222 Å². The molecule has 0 amide bonds. The summed E-state index contributed by atoms with van der Waals surface area (Å²) in [5.74, 6) is 0. The Morgan fingerprint density at radius 1 is 0.404 bits per heavy atom.